The van der Waals surface area contributed by atoms with Crippen molar-refractivity contribution in [3.63, 3.8) is 0 Å². The summed E-state index contributed by atoms with van der Waals surface area (Å²) in [5.41, 5.74) is 8.50. The molecule has 196 valence electrons. The Kier molecular flexibility index (Phi) is 9.26. The van der Waals surface area contributed by atoms with Gasteiger partial charge in [0, 0.05) is 34.9 Å². The van der Waals surface area contributed by atoms with Crippen molar-refractivity contribution in [3.8, 4) is 0 Å². The molecule has 1 heterocycles. The zero-order valence-electron chi connectivity index (χ0n) is 21.3. The fourth-order valence-electron chi connectivity index (χ4n) is 3.94. The lowest BCUT2D eigenvalue weighted by Gasteiger charge is -2.25. The summed E-state index contributed by atoms with van der Waals surface area (Å²) in [6.45, 7) is 5.73. The molecule has 2 atom stereocenters. The molecular formula is C27H34N6O4. The standard InChI is InChI=1S/C27H34N6O4/c1-4-37-27(36)23(32-19-9-7-8-17(14-19)24(28)29)26(35)33-22(16(2)3)25(34)30-13-12-18-15-31-21-11-6-5-10-20(18)21/h5-11,14-16,22-23,31-32H,4,12-13H2,1-3H3,(H3,28,29)(H,30,34)(H,33,35). The molecule has 0 radical (unpaired) electrons. The molecule has 2 aromatic carbocycles. The number of carbonyl (C=O) groups is 3. The Labute approximate surface area is 215 Å². The summed E-state index contributed by atoms with van der Waals surface area (Å²) in [5.74, 6) is -2.21. The van der Waals surface area contributed by atoms with Gasteiger partial charge in [0.15, 0.2) is 0 Å². The number of anilines is 1. The summed E-state index contributed by atoms with van der Waals surface area (Å²) < 4.78 is 5.09. The number of nitrogen functional groups attached to an aromatic ring is 1. The lowest BCUT2D eigenvalue weighted by atomic mass is 10.0. The number of nitrogens with one attached hydrogen (secondary N) is 5. The van der Waals surface area contributed by atoms with E-state index in [0.717, 1.165) is 16.5 Å². The molecule has 2 unspecified atom stereocenters. The van der Waals surface area contributed by atoms with Gasteiger partial charge in [0.1, 0.15) is 11.9 Å². The quantitative estimate of drug-likeness (QED) is 0.0956. The summed E-state index contributed by atoms with van der Waals surface area (Å²) in [6, 6.07) is 12.2. The molecule has 10 nitrogen and oxygen atoms in total. The summed E-state index contributed by atoms with van der Waals surface area (Å²) in [5, 5.41) is 17.1. The summed E-state index contributed by atoms with van der Waals surface area (Å²) >= 11 is 0. The number of aromatic nitrogens is 1. The van der Waals surface area contributed by atoms with Crippen LogP contribution in [0.3, 0.4) is 0 Å². The van der Waals surface area contributed by atoms with Crippen molar-refractivity contribution in [3.05, 3.63) is 65.9 Å². The van der Waals surface area contributed by atoms with Gasteiger partial charge >= 0.3 is 5.97 Å². The maximum absolute atomic E-state index is 13.2. The average molecular weight is 507 g/mol. The van der Waals surface area contributed by atoms with Crippen molar-refractivity contribution in [1.82, 2.24) is 15.6 Å². The molecule has 0 aliphatic carbocycles. The highest BCUT2D eigenvalue weighted by Crippen LogP contribution is 2.18. The maximum atomic E-state index is 13.2. The number of rotatable bonds is 12. The molecule has 0 spiro atoms. The Balaban J connectivity index is 1.67. The number of benzene rings is 2. The van der Waals surface area contributed by atoms with E-state index in [0.29, 0.717) is 24.2 Å². The molecule has 37 heavy (non-hydrogen) atoms. The lowest BCUT2D eigenvalue weighted by molar-refractivity contribution is -0.148. The topological polar surface area (TPSA) is 162 Å². The fourth-order valence-corrected chi connectivity index (χ4v) is 3.94. The Morgan fingerprint density at radius 2 is 1.84 bits per heavy atom. The van der Waals surface area contributed by atoms with Crippen LogP contribution in [0.5, 0.6) is 0 Å². The minimum Gasteiger partial charge on any atom is -0.464 e. The van der Waals surface area contributed by atoms with E-state index in [2.05, 4.69) is 20.9 Å². The summed E-state index contributed by atoms with van der Waals surface area (Å²) in [6.07, 6.45) is 2.54. The van der Waals surface area contributed by atoms with Crippen LogP contribution in [0.1, 0.15) is 31.9 Å². The third-order valence-electron chi connectivity index (χ3n) is 5.88. The number of H-pyrrole nitrogens is 1. The van der Waals surface area contributed by atoms with Crippen LogP contribution >= 0.6 is 0 Å². The van der Waals surface area contributed by atoms with E-state index < -0.39 is 24.0 Å². The van der Waals surface area contributed by atoms with Crippen LogP contribution in [-0.4, -0.2) is 53.8 Å². The second-order valence-electron chi connectivity index (χ2n) is 8.95. The normalized spacial score (nSPS) is 12.5. The molecule has 3 aromatic rings. The van der Waals surface area contributed by atoms with Crippen molar-refractivity contribution < 1.29 is 19.1 Å². The van der Waals surface area contributed by atoms with Crippen molar-refractivity contribution in [2.24, 2.45) is 11.7 Å². The van der Waals surface area contributed by atoms with Gasteiger partial charge in [0.2, 0.25) is 11.9 Å². The number of hydrogen-bond donors (Lipinski definition) is 6. The Hall–Kier alpha value is -4.34. The predicted octanol–water partition coefficient (Wildman–Crippen LogP) is 2.30. The summed E-state index contributed by atoms with van der Waals surface area (Å²) in [7, 11) is 0. The third kappa shape index (κ3) is 7.09. The van der Waals surface area contributed by atoms with Crippen molar-refractivity contribution in [1.29, 1.82) is 5.41 Å². The van der Waals surface area contributed by atoms with Crippen molar-refractivity contribution in [2.45, 2.75) is 39.3 Å². The molecule has 7 N–H and O–H groups in total. The molecule has 0 aliphatic rings. The Morgan fingerprint density at radius 3 is 2.54 bits per heavy atom. The van der Waals surface area contributed by atoms with E-state index in [1.54, 1.807) is 31.2 Å². The van der Waals surface area contributed by atoms with E-state index in [1.807, 2.05) is 44.3 Å². The number of aromatic amines is 1. The highest BCUT2D eigenvalue weighted by molar-refractivity contribution is 6.06. The van der Waals surface area contributed by atoms with E-state index in [9.17, 15) is 14.4 Å². The van der Waals surface area contributed by atoms with Crippen molar-refractivity contribution in [2.75, 3.05) is 18.5 Å². The molecule has 0 aliphatic heterocycles. The average Bonchev–Trinajstić information content (AvgIpc) is 3.28. The van der Waals surface area contributed by atoms with Gasteiger partial charge in [-0.05, 0) is 43.0 Å². The van der Waals surface area contributed by atoms with Gasteiger partial charge < -0.3 is 31.4 Å². The lowest BCUT2D eigenvalue weighted by Crippen LogP contribution is -2.55. The van der Waals surface area contributed by atoms with Gasteiger partial charge in [-0.15, -0.1) is 0 Å². The molecule has 3 rings (SSSR count). The SMILES string of the molecule is CCOC(=O)C(Nc1cccc(C(=N)N)c1)C(=O)NC(C(=O)NCCc1c[nH]c2ccccc12)C(C)C. The Bertz CT molecular complexity index is 1270. The first-order chi connectivity index (χ1) is 17.7. The van der Waals surface area contributed by atoms with Crippen LogP contribution in [0.25, 0.3) is 10.9 Å². The van der Waals surface area contributed by atoms with Crippen LogP contribution < -0.4 is 21.7 Å². The zero-order chi connectivity index (χ0) is 26.9. The molecule has 0 bridgehead atoms. The van der Waals surface area contributed by atoms with Crippen LogP contribution in [-0.2, 0) is 25.5 Å². The third-order valence-corrected chi connectivity index (χ3v) is 5.88. The number of hydrogen-bond acceptors (Lipinski definition) is 6. The number of para-hydroxylation sites is 1. The van der Waals surface area contributed by atoms with Crippen LogP contribution in [0.4, 0.5) is 5.69 Å². The van der Waals surface area contributed by atoms with Gasteiger partial charge in [-0.2, -0.15) is 0 Å². The Morgan fingerprint density at radius 1 is 1.08 bits per heavy atom. The number of amidine groups is 1. The molecule has 10 heteroatoms. The number of esters is 1. The maximum Gasteiger partial charge on any atom is 0.338 e. The van der Waals surface area contributed by atoms with E-state index in [1.165, 1.54) is 0 Å². The van der Waals surface area contributed by atoms with Gasteiger partial charge in [-0.3, -0.25) is 15.0 Å². The van der Waals surface area contributed by atoms with Gasteiger partial charge in [0.25, 0.3) is 5.91 Å². The second kappa shape index (κ2) is 12.6. The number of nitrogens with two attached hydrogens (primary N) is 1. The highest BCUT2D eigenvalue weighted by atomic mass is 16.5. The van der Waals surface area contributed by atoms with Crippen molar-refractivity contribution >= 4 is 40.2 Å². The fraction of sp³-hybridized carbons (Fsp3) is 0.333. The van der Waals surface area contributed by atoms with Gasteiger partial charge in [-0.1, -0.05) is 44.2 Å². The van der Waals surface area contributed by atoms with Gasteiger partial charge in [-0.25, -0.2) is 4.79 Å². The monoisotopic (exact) mass is 506 g/mol. The molecule has 1 aromatic heterocycles. The predicted molar refractivity (Wildman–Crippen MR) is 143 cm³/mol. The minimum absolute atomic E-state index is 0.0830. The first-order valence-electron chi connectivity index (χ1n) is 12.2. The second-order valence-corrected chi connectivity index (χ2v) is 8.95. The molecule has 0 fully saturated rings. The molecule has 0 saturated heterocycles. The first kappa shape index (κ1) is 27.3. The molecule has 0 saturated carbocycles. The zero-order valence-corrected chi connectivity index (χ0v) is 21.3. The minimum atomic E-state index is -1.40. The summed E-state index contributed by atoms with van der Waals surface area (Å²) in [4.78, 5) is 42.0. The number of ether oxygens (including phenoxy) is 1. The van der Waals surface area contributed by atoms with E-state index >= 15 is 0 Å². The van der Waals surface area contributed by atoms with Crippen LogP contribution in [0.2, 0.25) is 0 Å². The van der Waals surface area contributed by atoms with Gasteiger partial charge in [0.05, 0.1) is 6.61 Å². The molecule has 2 amide bonds. The number of carbonyl (C=O) groups excluding carboxylic acids is 3. The number of amides is 2. The van der Waals surface area contributed by atoms with Crippen LogP contribution in [0, 0.1) is 11.3 Å². The molecular weight excluding hydrogens is 472 g/mol. The largest absolute Gasteiger partial charge is 0.464 e. The van der Waals surface area contributed by atoms with E-state index in [-0.39, 0.29) is 24.3 Å². The van der Waals surface area contributed by atoms with Crippen LogP contribution in [0.15, 0.2) is 54.7 Å². The first-order valence-corrected chi connectivity index (χ1v) is 12.2. The smallest absolute Gasteiger partial charge is 0.338 e. The number of fused-ring (bicyclic) bond motifs is 1. The van der Waals surface area contributed by atoms with E-state index in [4.69, 9.17) is 15.9 Å². The highest BCUT2D eigenvalue weighted by Gasteiger charge is 2.33.